The standard InChI is InChI=1S/C20H26N2O2/c1-2-18(22-14-19(23)16-6-4-3-5-7-16)13-10-15-8-11-17(12-9-15)20(21)24/h3-9,11-12,18-19,22-23H,2,10,13-14H2,1H3,(H2,21,24). The SMILES string of the molecule is CCC(CCc1ccc(C(N)=O)cc1)NCC(O)c1ccccc1. The molecule has 0 aliphatic rings. The molecule has 0 saturated heterocycles. The number of aryl methyl sites for hydroxylation is 1. The van der Waals surface area contributed by atoms with Crippen molar-refractivity contribution in [1.82, 2.24) is 5.32 Å². The van der Waals surface area contributed by atoms with Crippen molar-refractivity contribution in [2.24, 2.45) is 5.73 Å². The lowest BCUT2D eigenvalue weighted by molar-refractivity contribution is 0.100. The molecule has 2 aromatic rings. The highest BCUT2D eigenvalue weighted by Gasteiger charge is 2.11. The first kappa shape index (κ1) is 18.2. The summed E-state index contributed by atoms with van der Waals surface area (Å²) < 4.78 is 0. The van der Waals surface area contributed by atoms with E-state index >= 15 is 0 Å². The average molecular weight is 326 g/mol. The molecule has 0 aromatic heterocycles. The highest BCUT2D eigenvalue weighted by molar-refractivity contribution is 5.92. The Morgan fingerprint density at radius 3 is 2.38 bits per heavy atom. The number of nitrogens with two attached hydrogens (primary N) is 1. The average Bonchev–Trinajstić information content (AvgIpc) is 2.62. The molecule has 1 amide bonds. The van der Waals surface area contributed by atoms with E-state index in [1.807, 2.05) is 42.5 Å². The van der Waals surface area contributed by atoms with Gasteiger partial charge in [0.25, 0.3) is 0 Å². The summed E-state index contributed by atoms with van der Waals surface area (Å²) in [4.78, 5) is 11.1. The van der Waals surface area contributed by atoms with Crippen LogP contribution in [0.3, 0.4) is 0 Å². The van der Waals surface area contributed by atoms with Gasteiger partial charge in [-0.1, -0.05) is 49.4 Å². The van der Waals surface area contributed by atoms with E-state index in [1.165, 1.54) is 5.56 Å². The van der Waals surface area contributed by atoms with Crippen LogP contribution >= 0.6 is 0 Å². The first-order chi connectivity index (χ1) is 11.6. The van der Waals surface area contributed by atoms with E-state index < -0.39 is 12.0 Å². The van der Waals surface area contributed by atoms with Gasteiger partial charge >= 0.3 is 0 Å². The van der Waals surface area contributed by atoms with Crippen molar-refractivity contribution in [3.05, 3.63) is 71.3 Å². The smallest absolute Gasteiger partial charge is 0.248 e. The Hall–Kier alpha value is -2.17. The Bertz CT molecular complexity index is 626. The summed E-state index contributed by atoms with van der Waals surface area (Å²) >= 11 is 0. The summed E-state index contributed by atoms with van der Waals surface area (Å²) in [5.74, 6) is -0.399. The molecule has 2 unspecified atom stereocenters. The molecule has 0 spiro atoms. The van der Waals surface area contributed by atoms with Gasteiger partial charge in [-0.15, -0.1) is 0 Å². The number of benzene rings is 2. The number of amides is 1. The van der Waals surface area contributed by atoms with E-state index in [1.54, 1.807) is 12.1 Å². The number of nitrogens with one attached hydrogen (secondary N) is 1. The van der Waals surface area contributed by atoms with Gasteiger partial charge in [0.2, 0.25) is 5.91 Å². The molecule has 4 nitrogen and oxygen atoms in total. The molecule has 0 aliphatic carbocycles. The van der Waals surface area contributed by atoms with Crippen molar-refractivity contribution < 1.29 is 9.90 Å². The van der Waals surface area contributed by atoms with E-state index in [0.29, 0.717) is 18.2 Å². The van der Waals surface area contributed by atoms with E-state index in [4.69, 9.17) is 5.73 Å². The van der Waals surface area contributed by atoms with Crippen LogP contribution < -0.4 is 11.1 Å². The minimum absolute atomic E-state index is 0.346. The fraction of sp³-hybridized carbons (Fsp3) is 0.350. The molecule has 4 N–H and O–H groups in total. The summed E-state index contributed by atoms with van der Waals surface area (Å²) in [5.41, 5.74) is 7.90. The quantitative estimate of drug-likeness (QED) is 0.663. The maximum absolute atomic E-state index is 11.1. The van der Waals surface area contributed by atoms with Crippen LogP contribution in [0.15, 0.2) is 54.6 Å². The van der Waals surface area contributed by atoms with Gasteiger partial charge < -0.3 is 16.2 Å². The third-order valence-electron chi connectivity index (χ3n) is 4.30. The monoisotopic (exact) mass is 326 g/mol. The summed E-state index contributed by atoms with van der Waals surface area (Å²) in [5, 5.41) is 13.7. The summed E-state index contributed by atoms with van der Waals surface area (Å²) in [7, 11) is 0. The Morgan fingerprint density at radius 1 is 1.12 bits per heavy atom. The minimum Gasteiger partial charge on any atom is -0.387 e. The van der Waals surface area contributed by atoms with Crippen molar-refractivity contribution >= 4 is 5.91 Å². The Morgan fingerprint density at radius 2 is 1.79 bits per heavy atom. The van der Waals surface area contributed by atoms with Crippen LogP contribution in [0, 0.1) is 0 Å². The van der Waals surface area contributed by atoms with E-state index in [9.17, 15) is 9.90 Å². The van der Waals surface area contributed by atoms with Gasteiger partial charge in [0.15, 0.2) is 0 Å². The molecule has 0 aliphatic heterocycles. The van der Waals surface area contributed by atoms with Gasteiger partial charge in [-0.05, 0) is 42.5 Å². The zero-order chi connectivity index (χ0) is 17.4. The number of aliphatic hydroxyl groups is 1. The number of carbonyl (C=O) groups excluding carboxylic acids is 1. The lowest BCUT2D eigenvalue weighted by atomic mass is 10.0. The molecule has 128 valence electrons. The molecule has 2 atom stereocenters. The third kappa shape index (κ3) is 5.48. The first-order valence-electron chi connectivity index (χ1n) is 8.45. The minimum atomic E-state index is -0.491. The van der Waals surface area contributed by atoms with Crippen LogP contribution in [0.2, 0.25) is 0 Å². The van der Waals surface area contributed by atoms with Crippen molar-refractivity contribution in [2.75, 3.05) is 6.54 Å². The predicted octanol–water partition coefficient (Wildman–Crippen LogP) is 2.82. The molecule has 2 aromatic carbocycles. The Labute approximate surface area is 143 Å². The summed E-state index contributed by atoms with van der Waals surface area (Å²) in [6.45, 7) is 2.69. The second-order valence-corrected chi connectivity index (χ2v) is 6.04. The maximum atomic E-state index is 11.1. The molecular formula is C20H26N2O2. The van der Waals surface area contributed by atoms with Crippen LogP contribution in [-0.4, -0.2) is 23.6 Å². The van der Waals surface area contributed by atoms with Crippen molar-refractivity contribution in [3.63, 3.8) is 0 Å². The lowest BCUT2D eigenvalue weighted by Gasteiger charge is -2.20. The summed E-state index contributed by atoms with van der Waals surface area (Å²) in [6, 6.07) is 17.5. The maximum Gasteiger partial charge on any atom is 0.248 e. The number of aliphatic hydroxyl groups excluding tert-OH is 1. The topological polar surface area (TPSA) is 75.4 Å². The van der Waals surface area contributed by atoms with Crippen molar-refractivity contribution in [3.8, 4) is 0 Å². The molecule has 0 saturated carbocycles. The van der Waals surface area contributed by atoms with Gasteiger partial charge in [0.05, 0.1) is 6.10 Å². The number of hydrogen-bond donors (Lipinski definition) is 3. The molecule has 0 radical (unpaired) electrons. The third-order valence-corrected chi connectivity index (χ3v) is 4.30. The molecule has 0 fully saturated rings. The first-order valence-corrected chi connectivity index (χ1v) is 8.45. The fourth-order valence-electron chi connectivity index (χ4n) is 2.70. The highest BCUT2D eigenvalue weighted by atomic mass is 16.3. The van der Waals surface area contributed by atoms with Crippen LogP contribution in [0.1, 0.15) is 47.4 Å². The molecule has 0 heterocycles. The number of primary amides is 1. The van der Waals surface area contributed by atoms with Crippen LogP contribution in [-0.2, 0) is 6.42 Å². The molecule has 24 heavy (non-hydrogen) atoms. The zero-order valence-corrected chi connectivity index (χ0v) is 14.1. The number of carbonyl (C=O) groups is 1. The van der Waals surface area contributed by atoms with E-state index in [2.05, 4.69) is 12.2 Å². The van der Waals surface area contributed by atoms with Crippen molar-refractivity contribution in [2.45, 2.75) is 38.3 Å². The molecule has 4 heteroatoms. The van der Waals surface area contributed by atoms with Crippen LogP contribution in [0.4, 0.5) is 0 Å². The van der Waals surface area contributed by atoms with E-state index in [0.717, 1.165) is 24.8 Å². The number of rotatable bonds is 9. The van der Waals surface area contributed by atoms with Gasteiger partial charge in [0.1, 0.15) is 0 Å². The summed E-state index contributed by atoms with van der Waals surface area (Å²) in [6.07, 6.45) is 2.41. The Kier molecular flexibility index (Phi) is 6.97. The largest absolute Gasteiger partial charge is 0.387 e. The van der Waals surface area contributed by atoms with Gasteiger partial charge in [0, 0.05) is 18.2 Å². The second-order valence-electron chi connectivity index (χ2n) is 6.04. The highest BCUT2D eigenvalue weighted by Crippen LogP contribution is 2.13. The molecular weight excluding hydrogens is 300 g/mol. The molecule has 0 bridgehead atoms. The van der Waals surface area contributed by atoms with Gasteiger partial charge in [-0.25, -0.2) is 0 Å². The fourth-order valence-corrected chi connectivity index (χ4v) is 2.70. The normalized spacial score (nSPS) is 13.4. The van der Waals surface area contributed by atoms with Crippen LogP contribution in [0.5, 0.6) is 0 Å². The lowest BCUT2D eigenvalue weighted by Crippen LogP contribution is -2.32. The predicted molar refractivity (Wildman–Crippen MR) is 96.8 cm³/mol. The van der Waals surface area contributed by atoms with Gasteiger partial charge in [-0.3, -0.25) is 4.79 Å². The van der Waals surface area contributed by atoms with Gasteiger partial charge in [-0.2, -0.15) is 0 Å². The van der Waals surface area contributed by atoms with Crippen molar-refractivity contribution in [1.29, 1.82) is 0 Å². The van der Waals surface area contributed by atoms with E-state index in [-0.39, 0.29) is 0 Å². The van der Waals surface area contributed by atoms with Crippen LogP contribution in [0.25, 0.3) is 0 Å². The zero-order valence-electron chi connectivity index (χ0n) is 14.1. The Balaban J connectivity index is 1.80. The molecule has 2 rings (SSSR count). The second kappa shape index (κ2) is 9.21. The number of hydrogen-bond acceptors (Lipinski definition) is 3.